The lowest BCUT2D eigenvalue weighted by molar-refractivity contribution is -0.132. The summed E-state index contributed by atoms with van der Waals surface area (Å²) < 4.78 is 5.46. The van der Waals surface area contributed by atoms with E-state index in [0.29, 0.717) is 19.6 Å². The van der Waals surface area contributed by atoms with Crippen LogP contribution in [0.1, 0.15) is 38.2 Å². The fourth-order valence-corrected chi connectivity index (χ4v) is 3.04. The zero-order valence-corrected chi connectivity index (χ0v) is 14.8. The number of aryl methyl sites for hydroxylation is 1. The number of rotatable bonds is 7. The van der Waals surface area contributed by atoms with Crippen LogP contribution in [0.3, 0.4) is 0 Å². The Morgan fingerprint density at radius 3 is 2.48 bits per heavy atom. The molecule has 130 valence electrons. The van der Waals surface area contributed by atoms with Gasteiger partial charge in [-0.15, -0.1) is 12.4 Å². The third kappa shape index (κ3) is 6.40. The highest BCUT2D eigenvalue weighted by Crippen LogP contribution is 2.23. The maximum atomic E-state index is 11.8. The van der Waals surface area contributed by atoms with Crippen molar-refractivity contribution in [2.24, 2.45) is 11.7 Å². The predicted molar refractivity (Wildman–Crippen MR) is 96.2 cm³/mol. The monoisotopic (exact) mass is 340 g/mol. The Labute approximate surface area is 145 Å². The minimum atomic E-state index is 0. The van der Waals surface area contributed by atoms with Crippen molar-refractivity contribution in [2.45, 2.75) is 39.0 Å². The lowest BCUT2D eigenvalue weighted by Crippen LogP contribution is -2.39. The number of nitrogens with zero attached hydrogens (tertiary/aromatic N) is 1. The Kier molecular flexibility index (Phi) is 9.03. The summed E-state index contributed by atoms with van der Waals surface area (Å²) in [5.74, 6) is 1.89. The molecule has 1 aliphatic heterocycles. The van der Waals surface area contributed by atoms with Gasteiger partial charge in [-0.1, -0.05) is 12.1 Å². The van der Waals surface area contributed by atoms with Gasteiger partial charge in [0.15, 0.2) is 0 Å². The van der Waals surface area contributed by atoms with Gasteiger partial charge in [0.05, 0.1) is 6.61 Å². The average molecular weight is 341 g/mol. The number of benzene rings is 1. The van der Waals surface area contributed by atoms with Crippen LogP contribution in [0, 0.1) is 5.92 Å². The molecule has 0 saturated carbocycles. The first-order valence-corrected chi connectivity index (χ1v) is 8.42. The first-order valence-electron chi connectivity index (χ1n) is 8.42. The molecule has 0 radical (unpaired) electrons. The van der Waals surface area contributed by atoms with E-state index in [1.165, 1.54) is 12.0 Å². The maximum absolute atomic E-state index is 11.8. The second kappa shape index (κ2) is 10.5. The zero-order chi connectivity index (χ0) is 15.8. The molecule has 2 rings (SSSR count). The number of likely N-dealkylation sites (tertiary alicyclic amines) is 1. The van der Waals surface area contributed by atoms with E-state index in [2.05, 4.69) is 12.1 Å². The van der Waals surface area contributed by atoms with E-state index in [4.69, 9.17) is 10.5 Å². The first-order chi connectivity index (χ1) is 10.7. The van der Waals surface area contributed by atoms with Gasteiger partial charge in [-0.25, -0.2) is 0 Å². The first kappa shape index (κ1) is 19.8. The molecule has 0 atom stereocenters. The van der Waals surface area contributed by atoms with Crippen LogP contribution in [0.15, 0.2) is 24.3 Å². The van der Waals surface area contributed by atoms with Crippen molar-refractivity contribution in [1.82, 2.24) is 4.90 Å². The number of amides is 1. The molecular weight excluding hydrogens is 312 g/mol. The van der Waals surface area contributed by atoms with Crippen LogP contribution in [0.2, 0.25) is 0 Å². The summed E-state index contributed by atoms with van der Waals surface area (Å²) in [7, 11) is 0. The van der Waals surface area contributed by atoms with Crippen LogP contribution >= 0.6 is 12.4 Å². The van der Waals surface area contributed by atoms with Crippen LogP contribution < -0.4 is 10.5 Å². The van der Waals surface area contributed by atoms with Crippen molar-refractivity contribution in [3.05, 3.63) is 29.8 Å². The summed E-state index contributed by atoms with van der Waals surface area (Å²) in [6.07, 6.45) is 5.03. The quantitative estimate of drug-likeness (QED) is 0.830. The fraction of sp³-hybridized carbons (Fsp3) is 0.611. The molecular formula is C18H29ClN2O2. The van der Waals surface area contributed by atoms with Gasteiger partial charge in [0, 0.05) is 26.1 Å². The molecule has 23 heavy (non-hydrogen) atoms. The number of carbonyl (C=O) groups is 1. The molecule has 1 aliphatic rings. The molecule has 0 bridgehead atoms. The highest BCUT2D eigenvalue weighted by Gasteiger charge is 2.21. The van der Waals surface area contributed by atoms with Gasteiger partial charge in [-0.3, -0.25) is 4.79 Å². The number of piperidine rings is 1. The van der Waals surface area contributed by atoms with E-state index >= 15 is 0 Å². The molecule has 0 spiro atoms. The third-order valence-corrected chi connectivity index (χ3v) is 4.40. The molecule has 1 aromatic carbocycles. The normalized spacial score (nSPS) is 15.1. The van der Waals surface area contributed by atoms with Crippen LogP contribution in [-0.2, 0) is 11.2 Å². The largest absolute Gasteiger partial charge is 0.494 e. The molecule has 0 aliphatic carbocycles. The Hall–Kier alpha value is -1.26. The minimum Gasteiger partial charge on any atom is -0.494 e. The molecule has 1 fully saturated rings. The summed E-state index contributed by atoms with van der Waals surface area (Å²) in [5, 5.41) is 0. The van der Waals surface area contributed by atoms with Crippen molar-refractivity contribution in [1.29, 1.82) is 0 Å². The molecule has 1 amide bonds. The molecule has 2 N–H and O–H groups in total. The van der Waals surface area contributed by atoms with Gasteiger partial charge in [-0.2, -0.15) is 0 Å². The molecule has 1 aromatic rings. The Morgan fingerprint density at radius 1 is 1.26 bits per heavy atom. The Balaban J connectivity index is 0.00000264. The van der Waals surface area contributed by atoms with Gasteiger partial charge in [0.25, 0.3) is 0 Å². The summed E-state index contributed by atoms with van der Waals surface area (Å²) in [4.78, 5) is 13.8. The number of ether oxygens (including phenoxy) is 1. The Bertz CT molecular complexity index is 457. The molecule has 4 nitrogen and oxygen atoms in total. The van der Waals surface area contributed by atoms with E-state index in [1.54, 1.807) is 0 Å². The molecule has 1 saturated heterocycles. The van der Waals surface area contributed by atoms with Gasteiger partial charge in [-0.05, 0) is 56.2 Å². The van der Waals surface area contributed by atoms with E-state index < -0.39 is 0 Å². The van der Waals surface area contributed by atoms with E-state index in [1.807, 2.05) is 24.0 Å². The predicted octanol–water partition coefficient (Wildman–Crippen LogP) is 3.03. The van der Waals surface area contributed by atoms with E-state index in [-0.39, 0.29) is 18.3 Å². The number of hydrogen-bond donors (Lipinski definition) is 1. The van der Waals surface area contributed by atoms with Crippen molar-refractivity contribution >= 4 is 18.3 Å². The highest BCUT2D eigenvalue weighted by atomic mass is 35.5. The van der Waals surface area contributed by atoms with Crippen LogP contribution in [0.5, 0.6) is 5.75 Å². The summed E-state index contributed by atoms with van der Waals surface area (Å²) in [5.41, 5.74) is 6.81. The summed E-state index contributed by atoms with van der Waals surface area (Å²) in [6, 6.07) is 8.41. The lowest BCUT2D eigenvalue weighted by Gasteiger charge is -2.32. The maximum Gasteiger partial charge on any atom is 0.223 e. The van der Waals surface area contributed by atoms with Gasteiger partial charge >= 0.3 is 0 Å². The van der Waals surface area contributed by atoms with Crippen LogP contribution in [-0.4, -0.2) is 37.0 Å². The molecule has 5 heteroatoms. The summed E-state index contributed by atoms with van der Waals surface area (Å²) in [6.45, 7) is 4.95. The van der Waals surface area contributed by atoms with Gasteiger partial charge < -0.3 is 15.4 Å². The second-order valence-corrected chi connectivity index (χ2v) is 5.98. The smallest absolute Gasteiger partial charge is 0.223 e. The van der Waals surface area contributed by atoms with Crippen molar-refractivity contribution in [2.75, 3.05) is 26.2 Å². The highest BCUT2D eigenvalue weighted by molar-refractivity contribution is 5.85. The number of nitrogens with two attached hydrogens (primary N) is 1. The summed E-state index contributed by atoms with van der Waals surface area (Å²) >= 11 is 0. The third-order valence-electron chi connectivity index (χ3n) is 4.40. The lowest BCUT2D eigenvalue weighted by atomic mass is 9.90. The molecule has 0 aromatic heterocycles. The average Bonchev–Trinajstić information content (AvgIpc) is 2.55. The second-order valence-electron chi connectivity index (χ2n) is 5.98. The van der Waals surface area contributed by atoms with Crippen LogP contribution in [0.25, 0.3) is 0 Å². The molecule has 0 unspecified atom stereocenters. The number of halogens is 1. The van der Waals surface area contributed by atoms with E-state index in [0.717, 1.165) is 44.0 Å². The van der Waals surface area contributed by atoms with Gasteiger partial charge in [0.1, 0.15) is 5.75 Å². The van der Waals surface area contributed by atoms with E-state index in [9.17, 15) is 4.79 Å². The van der Waals surface area contributed by atoms with Crippen molar-refractivity contribution in [3.8, 4) is 5.75 Å². The fourth-order valence-electron chi connectivity index (χ4n) is 3.04. The zero-order valence-electron chi connectivity index (χ0n) is 14.0. The Morgan fingerprint density at radius 2 is 1.91 bits per heavy atom. The van der Waals surface area contributed by atoms with Crippen LogP contribution in [0.4, 0.5) is 0 Å². The van der Waals surface area contributed by atoms with Crippen molar-refractivity contribution < 1.29 is 9.53 Å². The van der Waals surface area contributed by atoms with Crippen molar-refractivity contribution in [3.63, 3.8) is 0 Å². The number of hydrogen-bond acceptors (Lipinski definition) is 3. The molecule has 1 heterocycles. The number of carbonyl (C=O) groups excluding carboxylic acids is 1. The topological polar surface area (TPSA) is 55.6 Å². The standard InChI is InChI=1S/C18H28N2O2.ClH/c1-2-22-17-7-5-15(6-8-17)3-4-16-10-13-20(14-11-16)18(21)9-12-19;/h5-8,16H,2-4,9-14,19H2,1H3;1H. The minimum absolute atomic E-state index is 0. The SMILES string of the molecule is CCOc1ccc(CCC2CCN(C(=O)CCN)CC2)cc1.Cl. The van der Waals surface area contributed by atoms with Gasteiger partial charge in [0.2, 0.25) is 5.91 Å².